The molecule has 8 nitrogen and oxygen atoms in total. The monoisotopic (exact) mass is 268 g/mol. The third-order valence-electron chi connectivity index (χ3n) is 0. The summed E-state index contributed by atoms with van der Waals surface area (Å²) in [5.41, 5.74) is 0. The zero-order chi connectivity index (χ0) is 14.3. The van der Waals surface area contributed by atoms with Crippen molar-refractivity contribution in [3.05, 3.63) is 0 Å². The first-order valence-electron chi connectivity index (χ1n) is 3.71. The van der Waals surface area contributed by atoms with Gasteiger partial charge in [-0.15, -0.1) is 0 Å². The van der Waals surface area contributed by atoms with Crippen molar-refractivity contribution in [3.8, 4) is 0 Å². The Bertz CT molecular complexity index is 162. The van der Waals surface area contributed by atoms with E-state index in [1.54, 1.807) is 0 Å². The summed E-state index contributed by atoms with van der Waals surface area (Å²) < 4.78 is 0. The van der Waals surface area contributed by atoms with Gasteiger partial charge in [-0.05, 0) is 0 Å². The van der Waals surface area contributed by atoms with Crippen LogP contribution in [-0.4, -0.2) is 55.3 Å². The molecule has 0 unspecified atom stereocenters. The SMILES string of the molecule is CC(=O)O.CC(=O)O.CC(=O)O.CC(=O)O.[Si]. The van der Waals surface area contributed by atoms with Crippen molar-refractivity contribution >= 4 is 34.8 Å². The molecule has 0 aromatic heterocycles. The summed E-state index contributed by atoms with van der Waals surface area (Å²) in [5.74, 6) is -3.33. The summed E-state index contributed by atoms with van der Waals surface area (Å²) in [6.45, 7) is 4.33. The van der Waals surface area contributed by atoms with Gasteiger partial charge in [0.1, 0.15) is 0 Å². The maximum atomic E-state index is 9.00. The third kappa shape index (κ3) is 570. The predicted molar refractivity (Wildman–Crippen MR) is 59.0 cm³/mol. The molecule has 9 heteroatoms. The Kier molecular flexibility index (Phi) is 41.1. The Labute approximate surface area is 103 Å². The van der Waals surface area contributed by atoms with Crippen LogP contribution in [-0.2, 0) is 19.2 Å². The molecule has 0 aliphatic heterocycles. The molecule has 4 N–H and O–H groups in total. The molecule has 0 aliphatic carbocycles. The standard InChI is InChI=1S/4C2H4O2.Si/c4*1-2(3)4;/h4*1H3,(H,3,4);. The second-order valence-corrected chi connectivity index (χ2v) is 2.08. The summed E-state index contributed by atoms with van der Waals surface area (Å²) in [4.78, 5) is 36.0. The summed E-state index contributed by atoms with van der Waals surface area (Å²) >= 11 is 0. The quantitative estimate of drug-likeness (QED) is 0.448. The van der Waals surface area contributed by atoms with Crippen LogP contribution < -0.4 is 0 Å². The fourth-order valence-corrected chi connectivity index (χ4v) is 0. The first kappa shape index (κ1) is 29.4. The number of carboxylic acids is 4. The van der Waals surface area contributed by atoms with Crippen LogP contribution in [0.5, 0.6) is 0 Å². The second kappa shape index (κ2) is 23.7. The topological polar surface area (TPSA) is 149 Å². The van der Waals surface area contributed by atoms with Crippen molar-refractivity contribution in [3.63, 3.8) is 0 Å². The summed E-state index contributed by atoms with van der Waals surface area (Å²) in [5, 5.41) is 29.7. The molecule has 0 amide bonds. The van der Waals surface area contributed by atoms with Gasteiger partial charge >= 0.3 is 0 Å². The van der Waals surface area contributed by atoms with E-state index in [1.165, 1.54) is 0 Å². The molecule has 0 saturated carbocycles. The zero-order valence-corrected chi connectivity index (χ0v) is 10.9. The number of aliphatic carboxylic acids is 4. The minimum Gasteiger partial charge on any atom is -0.481 e. The van der Waals surface area contributed by atoms with E-state index in [0.717, 1.165) is 27.7 Å². The molecule has 0 fully saturated rings. The fraction of sp³-hybridized carbons (Fsp3) is 0.500. The Morgan fingerprint density at radius 1 is 0.529 bits per heavy atom. The van der Waals surface area contributed by atoms with Crippen LogP contribution in [0.1, 0.15) is 27.7 Å². The number of hydrogen-bond donors (Lipinski definition) is 4. The smallest absolute Gasteiger partial charge is 0.300 e. The van der Waals surface area contributed by atoms with Gasteiger partial charge in [0.2, 0.25) is 0 Å². The Morgan fingerprint density at radius 2 is 0.529 bits per heavy atom. The van der Waals surface area contributed by atoms with Crippen LogP contribution in [0.25, 0.3) is 0 Å². The van der Waals surface area contributed by atoms with Gasteiger partial charge in [-0.1, -0.05) is 0 Å². The average molecular weight is 268 g/mol. The zero-order valence-electron chi connectivity index (χ0n) is 9.92. The van der Waals surface area contributed by atoms with E-state index >= 15 is 0 Å². The number of rotatable bonds is 0. The first-order chi connectivity index (χ1) is 6.93. The molecule has 0 spiro atoms. The van der Waals surface area contributed by atoms with Gasteiger partial charge in [-0.3, -0.25) is 19.2 Å². The molecule has 0 heterocycles. The Hall–Kier alpha value is -1.90. The van der Waals surface area contributed by atoms with E-state index in [2.05, 4.69) is 0 Å². The van der Waals surface area contributed by atoms with Crippen molar-refractivity contribution in [2.45, 2.75) is 27.7 Å². The van der Waals surface area contributed by atoms with Crippen LogP contribution in [0, 0.1) is 0 Å². The lowest BCUT2D eigenvalue weighted by Gasteiger charge is -1.59. The highest BCUT2D eigenvalue weighted by molar-refractivity contribution is 5.75. The molecule has 0 aliphatic rings. The average Bonchev–Trinajstić information content (AvgIpc) is 1.76. The summed E-state index contributed by atoms with van der Waals surface area (Å²) in [6.07, 6.45) is 0. The lowest BCUT2D eigenvalue weighted by molar-refractivity contribution is -0.135. The van der Waals surface area contributed by atoms with Crippen molar-refractivity contribution in [2.24, 2.45) is 0 Å². The Balaban J connectivity index is -0.0000000369. The molecule has 0 bridgehead atoms. The van der Waals surface area contributed by atoms with Crippen LogP contribution in [0.2, 0.25) is 0 Å². The highest BCUT2D eigenvalue weighted by Crippen LogP contribution is 1.43. The van der Waals surface area contributed by atoms with Gasteiger partial charge in [0.15, 0.2) is 0 Å². The van der Waals surface area contributed by atoms with Crippen LogP contribution in [0.4, 0.5) is 0 Å². The van der Waals surface area contributed by atoms with E-state index < -0.39 is 23.9 Å². The van der Waals surface area contributed by atoms with Gasteiger partial charge in [-0.25, -0.2) is 0 Å². The fourth-order valence-electron chi connectivity index (χ4n) is 0. The van der Waals surface area contributed by atoms with Crippen molar-refractivity contribution in [1.82, 2.24) is 0 Å². The molecular weight excluding hydrogens is 252 g/mol. The number of carboxylic acid groups (broad SMARTS) is 4. The molecule has 4 radical (unpaired) electrons. The van der Waals surface area contributed by atoms with Gasteiger partial charge in [0.05, 0.1) is 0 Å². The van der Waals surface area contributed by atoms with Crippen molar-refractivity contribution < 1.29 is 39.6 Å². The summed E-state index contributed by atoms with van der Waals surface area (Å²) in [7, 11) is 0. The second-order valence-electron chi connectivity index (χ2n) is 2.08. The molecule has 0 aromatic rings. The predicted octanol–water partition coefficient (Wildman–Crippen LogP) is -0.0172. The molecular formula is C8H16O8Si. The first-order valence-corrected chi connectivity index (χ1v) is 3.71. The number of carbonyl (C=O) groups is 4. The highest BCUT2D eigenvalue weighted by Gasteiger charge is 1.66. The maximum absolute atomic E-state index is 9.00. The Morgan fingerprint density at radius 3 is 0.529 bits per heavy atom. The van der Waals surface area contributed by atoms with E-state index in [9.17, 15) is 0 Å². The maximum Gasteiger partial charge on any atom is 0.300 e. The normalized spacial score (nSPS) is 5.88. The van der Waals surface area contributed by atoms with Crippen molar-refractivity contribution in [1.29, 1.82) is 0 Å². The molecule has 0 saturated heterocycles. The van der Waals surface area contributed by atoms with Crippen molar-refractivity contribution in [2.75, 3.05) is 0 Å². The van der Waals surface area contributed by atoms with Gasteiger partial charge in [0.25, 0.3) is 23.9 Å². The van der Waals surface area contributed by atoms with Crippen LogP contribution >= 0.6 is 0 Å². The van der Waals surface area contributed by atoms with E-state index in [-0.39, 0.29) is 11.0 Å². The number of hydrogen-bond acceptors (Lipinski definition) is 4. The third-order valence-corrected chi connectivity index (χ3v) is 0. The molecule has 0 atom stereocenters. The van der Waals surface area contributed by atoms with E-state index in [4.69, 9.17) is 39.6 Å². The van der Waals surface area contributed by atoms with Gasteiger partial charge in [0, 0.05) is 38.7 Å². The van der Waals surface area contributed by atoms with Gasteiger partial charge in [-0.2, -0.15) is 0 Å². The van der Waals surface area contributed by atoms with Crippen LogP contribution in [0.3, 0.4) is 0 Å². The minimum absolute atomic E-state index is 0. The molecule has 0 rings (SSSR count). The van der Waals surface area contributed by atoms with Gasteiger partial charge < -0.3 is 20.4 Å². The highest BCUT2D eigenvalue weighted by atomic mass is 28.1. The molecule has 100 valence electrons. The lowest BCUT2D eigenvalue weighted by atomic mass is 10.9. The largest absolute Gasteiger partial charge is 0.481 e. The minimum atomic E-state index is -0.833. The summed E-state index contributed by atoms with van der Waals surface area (Å²) in [6, 6.07) is 0. The molecule has 17 heavy (non-hydrogen) atoms. The van der Waals surface area contributed by atoms with E-state index in [1.807, 2.05) is 0 Å². The van der Waals surface area contributed by atoms with E-state index in [0.29, 0.717) is 0 Å². The van der Waals surface area contributed by atoms with Crippen LogP contribution in [0.15, 0.2) is 0 Å². The molecule has 0 aromatic carbocycles. The lowest BCUT2D eigenvalue weighted by Crippen LogP contribution is -1.78.